The second-order valence-corrected chi connectivity index (χ2v) is 4.94. The number of para-hydroxylation sites is 1. The highest BCUT2D eigenvalue weighted by Crippen LogP contribution is 2.25. The zero-order valence-electron chi connectivity index (χ0n) is 12.6. The molecule has 1 aromatic heterocycles. The highest BCUT2D eigenvalue weighted by Gasteiger charge is 2.18. The molecule has 1 N–H and O–H groups in total. The number of rotatable bonds is 7. The number of ether oxygens (including phenoxy) is 1. The van der Waals surface area contributed by atoms with Gasteiger partial charge in [0.25, 0.3) is 0 Å². The SMILES string of the molecule is CCCNC(CC(=O)OCC)c1cccc2cccnc12. The summed E-state index contributed by atoms with van der Waals surface area (Å²) in [5.74, 6) is -0.181. The van der Waals surface area contributed by atoms with Crippen LogP contribution in [0.1, 0.15) is 38.3 Å². The smallest absolute Gasteiger partial charge is 0.307 e. The van der Waals surface area contributed by atoms with E-state index < -0.39 is 0 Å². The molecule has 0 aliphatic carbocycles. The number of benzene rings is 1. The molecule has 21 heavy (non-hydrogen) atoms. The Morgan fingerprint density at radius 3 is 2.86 bits per heavy atom. The van der Waals surface area contributed by atoms with Crippen molar-refractivity contribution in [2.24, 2.45) is 0 Å². The minimum Gasteiger partial charge on any atom is -0.466 e. The molecular formula is C17H22N2O2. The summed E-state index contributed by atoms with van der Waals surface area (Å²) in [5.41, 5.74) is 1.99. The van der Waals surface area contributed by atoms with Crippen LogP contribution in [0, 0.1) is 0 Å². The standard InChI is InChI=1S/C17H22N2O2/c1-3-10-18-15(12-16(20)21-4-2)14-9-5-7-13-8-6-11-19-17(13)14/h5-9,11,15,18H,3-4,10,12H2,1-2H3. The van der Waals surface area contributed by atoms with Gasteiger partial charge in [-0.25, -0.2) is 0 Å². The van der Waals surface area contributed by atoms with Gasteiger partial charge in [-0.05, 0) is 31.5 Å². The van der Waals surface area contributed by atoms with Gasteiger partial charge in [-0.3, -0.25) is 9.78 Å². The monoisotopic (exact) mass is 286 g/mol. The number of pyridine rings is 1. The maximum Gasteiger partial charge on any atom is 0.307 e. The number of hydrogen-bond acceptors (Lipinski definition) is 4. The molecule has 1 heterocycles. The first-order valence-corrected chi connectivity index (χ1v) is 7.49. The summed E-state index contributed by atoms with van der Waals surface area (Å²) in [7, 11) is 0. The molecule has 2 rings (SSSR count). The van der Waals surface area contributed by atoms with E-state index in [4.69, 9.17) is 4.74 Å². The van der Waals surface area contributed by atoms with Crippen LogP contribution in [0.3, 0.4) is 0 Å². The van der Waals surface area contributed by atoms with Crippen molar-refractivity contribution < 1.29 is 9.53 Å². The number of esters is 1. The van der Waals surface area contributed by atoms with E-state index in [1.807, 2.05) is 37.3 Å². The second kappa shape index (κ2) is 7.74. The van der Waals surface area contributed by atoms with Crippen molar-refractivity contribution in [2.45, 2.75) is 32.7 Å². The van der Waals surface area contributed by atoms with E-state index in [9.17, 15) is 4.79 Å². The van der Waals surface area contributed by atoms with Crippen molar-refractivity contribution in [1.29, 1.82) is 0 Å². The quantitative estimate of drug-likeness (QED) is 0.794. The van der Waals surface area contributed by atoms with Crippen molar-refractivity contribution >= 4 is 16.9 Å². The number of nitrogens with zero attached hydrogens (tertiary/aromatic N) is 1. The summed E-state index contributed by atoms with van der Waals surface area (Å²) in [6, 6.07) is 9.96. The number of carbonyl (C=O) groups is 1. The van der Waals surface area contributed by atoms with E-state index in [0.29, 0.717) is 13.0 Å². The molecule has 0 saturated heterocycles. The Balaban J connectivity index is 2.31. The Labute approximate surface area is 125 Å². The Bertz CT molecular complexity index is 593. The highest BCUT2D eigenvalue weighted by atomic mass is 16.5. The van der Waals surface area contributed by atoms with Crippen LogP contribution in [0.2, 0.25) is 0 Å². The van der Waals surface area contributed by atoms with Gasteiger partial charge in [-0.1, -0.05) is 31.2 Å². The first-order chi connectivity index (χ1) is 10.3. The molecule has 0 spiro atoms. The van der Waals surface area contributed by atoms with Crippen LogP contribution < -0.4 is 5.32 Å². The highest BCUT2D eigenvalue weighted by molar-refractivity contribution is 5.82. The molecule has 1 aromatic carbocycles. The molecule has 4 heteroatoms. The van der Waals surface area contributed by atoms with Crippen LogP contribution in [-0.2, 0) is 9.53 Å². The summed E-state index contributed by atoms with van der Waals surface area (Å²) >= 11 is 0. The number of carbonyl (C=O) groups excluding carboxylic acids is 1. The van der Waals surface area contributed by atoms with Crippen LogP contribution in [0.15, 0.2) is 36.5 Å². The average Bonchev–Trinajstić information content (AvgIpc) is 2.51. The van der Waals surface area contributed by atoms with Gasteiger partial charge in [0, 0.05) is 17.6 Å². The number of aromatic nitrogens is 1. The van der Waals surface area contributed by atoms with E-state index in [1.54, 1.807) is 6.20 Å². The fraction of sp³-hybridized carbons (Fsp3) is 0.412. The molecule has 0 bridgehead atoms. The lowest BCUT2D eigenvalue weighted by atomic mass is 10.00. The Morgan fingerprint density at radius 2 is 2.10 bits per heavy atom. The maximum atomic E-state index is 11.8. The summed E-state index contributed by atoms with van der Waals surface area (Å²) in [6.07, 6.45) is 3.12. The second-order valence-electron chi connectivity index (χ2n) is 4.94. The number of fused-ring (bicyclic) bond motifs is 1. The summed E-state index contributed by atoms with van der Waals surface area (Å²) in [5, 5.41) is 4.51. The lowest BCUT2D eigenvalue weighted by molar-refractivity contribution is -0.143. The first kappa shape index (κ1) is 15.4. The Morgan fingerprint density at radius 1 is 1.29 bits per heavy atom. The zero-order chi connectivity index (χ0) is 15.1. The first-order valence-electron chi connectivity index (χ1n) is 7.49. The molecular weight excluding hydrogens is 264 g/mol. The van der Waals surface area contributed by atoms with E-state index in [-0.39, 0.29) is 12.0 Å². The van der Waals surface area contributed by atoms with Crippen molar-refractivity contribution in [3.8, 4) is 0 Å². The Kier molecular flexibility index (Phi) is 5.69. The third-order valence-corrected chi connectivity index (χ3v) is 3.36. The molecule has 0 aliphatic rings. The minimum atomic E-state index is -0.181. The summed E-state index contributed by atoms with van der Waals surface area (Å²) < 4.78 is 5.09. The predicted octanol–water partition coefficient (Wildman–Crippen LogP) is 3.23. The van der Waals surface area contributed by atoms with Crippen LogP contribution >= 0.6 is 0 Å². The predicted molar refractivity (Wildman–Crippen MR) is 84.0 cm³/mol. The van der Waals surface area contributed by atoms with E-state index >= 15 is 0 Å². The largest absolute Gasteiger partial charge is 0.466 e. The molecule has 0 fully saturated rings. The molecule has 0 radical (unpaired) electrons. The molecule has 112 valence electrons. The molecule has 1 atom stereocenters. The normalized spacial score (nSPS) is 12.3. The third kappa shape index (κ3) is 4.02. The van der Waals surface area contributed by atoms with Gasteiger partial charge in [0.1, 0.15) is 0 Å². The fourth-order valence-corrected chi connectivity index (χ4v) is 2.41. The van der Waals surface area contributed by atoms with Crippen molar-refractivity contribution in [3.63, 3.8) is 0 Å². The maximum absolute atomic E-state index is 11.8. The van der Waals surface area contributed by atoms with Crippen LogP contribution in [0.5, 0.6) is 0 Å². The fourth-order valence-electron chi connectivity index (χ4n) is 2.41. The van der Waals surface area contributed by atoms with E-state index in [2.05, 4.69) is 17.2 Å². The Hall–Kier alpha value is -1.94. The van der Waals surface area contributed by atoms with Crippen molar-refractivity contribution in [1.82, 2.24) is 10.3 Å². The molecule has 0 amide bonds. The van der Waals surface area contributed by atoms with E-state index in [1.165, 1.54) is 0 Å². The van der Waals surface area contributed by atoms with Crippen LogP contribution in [0.25, 0.3) is 10.9 Å². The number of nitrogens with one attached hydrogen (secondary N) is 1. The lowest BCUT2D eigenvalue weighted by Crippen LogP contribution is -2.25. The average molecular weight is 286 g/mol. The van der Waals surface area contributed by atoms with Gasteiger partial charge < -0.3 is 10.1 Å². The number of hydrogen-bond donors (Lipinski definition) is 1. The molecule has 2 aromatic rings. The van der Waals surface area contributed by atoms with Gasteiger partial charge >= 0.3 is 5.97 Å². The molecule has 1 unspecified atom stereocenters. The van der Waals surface area contributed by atoms with Crippen LogP contribution in [-0.4, -0.2) is 24.1 Å². The topological polar surface area (TPSA) is 51.2 Å². The van der Waals surface area contributed by atoms with Crippen LogP contribution in [0.4, 0.5) is 0 Å². The van der Waals surface area contributed by atoms with E-state index in [0.717, 1.165) is 29.4 Å². The molecule has 0 aliphatic heterocycles. The summed E-state index contributed by atoms with van der Waals surface area (Å²) in [6.45, 7) is 5.20. The minimum absolute atomic E-state index is 0.0670. The third-order valence-electron chi connectivity index (χ3n) is 3.36. The van der Waals surface area contributed by atoms with Gasteiger partial charge in [0.15, 0.2) is 0 Å². The van der Waals surface area contributed by atoms with Gasteiger partial charge in [-0.15, -0.1) is 0 Å². The van der Waals surface area contributed by atoms with Gasteiger partial charge in [-0.2, -0.15) is 0 Å². The molecule has 4 nitrogen and oxygen atoms in total. The van der Waals surface area contributed by atoms with Gasteiger partial charge in [0.2, 0.25) is 0 Å². The van der Waals surface area contributed by atoms with Crippen molar-refractivity contribution in [3.05, 3.63) is 42.1 Å². The zero-order valence-corrected chi connectivity index (χ0v) is 12.6. The summed E-state index contributed by atoms with van der Waals surface area (Å²) in [4.78, 5) is 16.3. The van der Waals surface area contributed by atoms with Crippen molar-refractivity contribution in [2.75, 3.05) is 13.2 Å². The lowest BCUT2D eigenvalue weighted by Gasteiger charge is -2.19. The van der Waals surface area contributed by atoms with Gasteiger partial charge in [0.05, 0.1) is 18.5 Å². The molecule has 0 saturated carbocycles.